The van der Waals surface area contributed by atoms with E-state index in [2.05, 4.69) is 0 Å². The average molecular weight is 294 g/mol. The van der Waals surface area contributed by atoms with Crippen LogP contribution in [0.15, 0.2) is 48.5 Å². The van der Waals surface area contributed by atoms with E-state index in [0.717, 1.165) is 23.3 Å². The maximum absolute atomic E-state index is 12.5. The van der Waals surface area contributed by atoms with E-state index in [1.165, 1.54) is 12.1 Å². The van der Waals surface area contributed by atoms with Crippen LogP contribution in [0.5, 0.6) is 0 Å². The lowest BCUT2D eigenvalue weighted by Crippen LogP contribution is -2.05. The lowest BCUT2D eigenvalue weighted by Gasteiger charge is -2.15. The Morgan fingerprint density at radius 3 is 1.62 bits per heavy atom. The van der Waals surface area contributed by atoms with Crippen LogP contribution in [0.4, 0.5) is 13.2 Å². The van der Waals surface area contributed by atoms with Gasteiger partial charge in [0.05, 0.1) is 11.7 Å². The van der Waals surface area contributed by atoms with Crippen molar-refractivity contribution in [2.45, 2.75) is 26.1 Å². The molecule has 21 heavy (non-hydrogen) atoms. The van der Waals surface area contributed by atoms with Gasteiger partial charge in [0.15, 0.2) is 0 Å². The molecule has 0 aliphatic carbocycles. The number of alkyl halides is 3. The normalized spacial score (nSPS) is 13.5. The van der Waals surface area contributed by atoms with E-state index in [-0.39, 0.29) is 5.92 Å². The molecule has 2 aromatic carbocycles. The van der Waals surface area contributed by atoms with E-state index >= 15 is 0 Å². The molecule has 0 radical (unpaired) electrons. The Morgan fingerprint density at radius 1 is 0.810 bits per heavy atom. The maximum atomic E-state index is 12.5. The Bertz CT molecular complexity index is 583. The van der Waals surface area contributed by atoms with Crippen LogP contribution in [0.1, 0.15) is 31.1 Å². The van der Waals surface area contributed by atoms with E-state index in [1.807, 2.05) is 26.0 Å². The molecule has 1 atom stereocenters. The van der Waals surface area contributed by atoms with Gasteiger partial charge in [0.1, 0.15) is 0 Å². The first-order chi connectivity index (χ1) is 9.79. The molecule has 0 unspecified atom stereocenters. The molecule has 1 N–H and O–H groups in total. The minimum atomic E-state index is -4.32. The van der Waals surface area contributed by atoms with E-state index in [0.29, 0.717) is 5.56 Å². The zero-order valence-corrected chi connectivity index (χ0v) is 11.9. The molecule has 0 saturated carbocycles. The average Bonchev–Trinajstić information content (AvgIpc) is 2.46. The molecule has 0 heterocycles. The fourth-order valence-corrected chi connectivity index (χ4v) is 2.11. The van der Waals surface area contributed by atoms with Crippen molar-refractivity contribution in [3.8, 4) is 11.1 Å². The van der Waals surface area contributed by atoms with Crippen LogP contribution in [0, 0.1) is 5.92 Å². The number of aliphatic hydroxyl groups is 1. The van der Waals surface area contributed by atoms with Gasteiger partial charge in [0.25, 0.3) is 0 Å². The molecule has 1 nitrogen and oxygen atoms in total. The van der Waals surface area contributed by atoms with Crippen LogP contribution >= 0.6 is 0 Å². The molecule has 112 valence electrons. The smallest absolute Gasteiger partial charge is 0.388 e. The third-order valence-corrected chi connectivity index (χ3v) is 3.43. The van der Waals surface area contributed by atoms with Crippen molar-refractivity contribution in [3.05, 3.63) is 59.7 Å². The number of halogens is 3. The second-order valence-electron chi connectivity index (χ2n) is 5.39. The highest BCUT2D eigenvalue weighted by Crippen LogP contribution is 2.31. The maximum Gasteiger partial charge on any atom is 0.416 e. The lowest BCUT2D eigenvalue weighted by molar-refractivity contribution is -0.137. The van der Waals surface area contributed by atoms with Gasteiger partial charge in [-0.2, -0.15) is 13.2 Å². The molecule has 2 aromatic rings. The van der Waals surface area contributed by atoms with Crippen LogP contribution in [-0.4, -0.2) is 5.11 Å². The van der Waals surface area contributed by atoms with Crippen molar-refractivity contribution >= 4 is 0 Å². The van der Waals surface area contributed by atoms with Gasteiger partial charge in [-0.25, -0.2) is 0 Å². The summed E-state index contributed by atoms with van der Waals surface area (Å²) in [7, 11) is 0. The van der Waals surface area contributed by atoms with Crippen LogP contribution in [0.3, 0.4) is 0 Å². The Balaban J connectivity index is 2.23. The molecular weight excluding hydrogens is 277 g/mol. The van der Waals surface area contributed by atoms with Gasteiger partial charge in [0.2, 0.25) is 0 Å². The van der Waals surface area contributed by atoms with E-state index < -0.39 is 17.8 Å². The van der Waals surface area contributed by atoms with Gasteiger partial charge in [-0.1, -0.05) is 50.2 Å². The number of benzene rings is 2. The molecule has 0 amide bonds. The zero-order valence-electron chi connectivity index (χ0n) is 11.9. The predicted octanol–water partition coefficient (Wildman–Crippen LogP) is 5.06. The highest BCUT2D eigenvalue weighted by atomic mass is 19.4. The third-order valence-electron chi connectivity index (χ3n) is 3.43. The number of hydrogen-bond donors (Lipinski definition) is 1. The molecule has 2 rings (SSSR count). The fourth-order valence-electron chi connectivity index (χ4n) is 2.11. The quantitative estimate of drug-likeness (QED) is 0.838. The number of aliphatic hydroxyl groups excluding tert-OH is 1. The Morgan fingerprint density at radius 2 is 1.24 bits per heavy atom. The molecule has 0 aliphatic heterocycles. The minimum Gasteiger partial charge on any atom is -0.388 e. The van der Waals surface area contributed by atoms with Gasteiger partial charge in [-0.3, -0.25) is 0 Å². The van der Waals surface area contributed by atoms with Crippen LogP contribution in [0.25, 0.3) is 11.1 Å². The van der Waals surface area contributed by atoms with Gasteiger partial charge in [-0.15, -0.1) is 0 Å². The summed E-state index contributed by atoms with van der Waals surface area (Å²) < 4.78 is 37.5. The molecule has 0 aliphatic rings. The van der Waals surface area contributed by atoms with Gasteiger partial charge >= 0.3 is 6.18 Å². The summed E-state index contributed by atoms with van der Waals surface area (Å²) in [5, 5.41) is 9.96. The van der Waals surface area contributed by atoms with Crippen molar-refractivity contribution in [1.82, 2.24) is 0 Å². The molecule has 0 saturated heterocycles. The summed E-state index contributed by atoms with van der Waals surface area (Å²) in [5.41, 5.74) is 1.69. The van der Waals surface area contributed by atoms with Crippen molar-refractivity contribution in [2.24, 2.45) is 5.92 Å². The molecule has 0 spiro atoms. The number of hydrogen-bond acceptors (Lipinski definition) is 1. The summed E-state index contributed by atoms with van der Waals surface area (Å²) in [6.45, 7) is 3.85. The fraction of sp³-hybridized carbons (Fsp3) is 0.294. The van der Waals surface area contributed by atoms with Crippen LogP contribution in [-0.2, 0) is 6.18 Å². The Labute approximate surface area is 122 Å². The first kappa shape index (κ1) is 15.6. The number of rotatable bonds is 3. The third kappa shape index (κ3) is 3.64. The van der Waals surface area contributed by atoms with Gasteiger partial charge < -0.3 is 5.11 Å². The van der Waals surface area contributed by atoms with Crippen molar-refractivity contribution in [1.29, 1.82) is 0 Å². The zero-order chi connectivity index (χ0) is 15.6. The largest absolute Gasteiger partial charge is 0.416 e. The van der Waals surface area contributed by atoms with E-state index in [1.54, 1.807) is 12.1 Å². The Kier molecular flexibility index (Phi) is 4.37. The van der Waals surface area contributed by atoms with E-state index in [9.17, 15) is 18.3 Å². The minimum absolute atomic E-state index is 0.113. The Hall–Kier alpha value is -1.81. The molecular formula is C17H17F3O. The molecule has 4 heteroatoms. The summed E-state index contributed by atoms with van der Waals surface area (Å²) in [4.78, 5) is 0. The summed E-state index contributed by atoms with van der Waals surface area (Å²) in [6, 6.07) is 12.3. The van der Waals surface area contributed by atoms with Gasteiger partial charge in [0, 0.05) is 0 Å². The van der Waals surface area contributed by atoms with Crippen LogP contribution in [0.2, 0.25) is 0 Å². The standard InChI is InChI=1S/C17H17F3O/c1-11(2)16(21)14-5-3-12(4-6-14)13-7-9-15(10-8-13)17(18,19)20/h3-11,16,21H,1-2H3/t16-/m1/s1. The van der Waals surface area contributed by atoms with Crippen molar-refractivity contribution < 1.29 is 18.3 Å². The van der Waals surface area contributed by atoms with E-state index in [4.69, 9.17) is 0 Å². The van der Waals surface area contributed by atoms with Crippen LogP contribution < -0.4 is 0 Å². The highest BCUT2D eigenvalue weighted by molar-refractivity contribution is 5.64. The topological polar surface area (TPSA) is 20.2 Å². The van der Waals surface area contributed by atoms with Crippen molar-refractivity contribution in [2.75, 3.05) is 0 Å². The molecule has 0 aromatic heterocycles. The predicted molar refractivity (Wildman–Crippen MR) is 76.7 cm³/mol. The molecule has 0 fully saturated rings. The highest BCUT2D eigenvalue weighted by Gasteiger charge is 2.29. The first-order valence-electron chi connectivity index (χ1n) is 6.74. The first-order valence-corrected chi connectivity index (χ1v) is 6.74. The molecule has 0 bridgehead atoms. The van der Waals surface area contributed by atoms with Gasteiger partial charge in [-0.05, 0) is 34.7 Å². The SMILES string of the molecule is CC(C)[C@@H](O)c1ccc(-c2ccc(C(F)(F)F)cc2)cc1. The summed E-state index contributed by atoms with van der Waals surface area (Å²) >= 11 is 0. The second-order valence-corrected chi connectivity index (χ2v) is 5.39. The lowest BCUT2D eigenvalue weighted by atomic mass is 9.96. The second kappa shape index (κ2) is 5.90. The van der Waals surface area contributed by atoms with Crippen molar-refractivity contribution in [3.63, 3.8) is 0 Å². The summed E-state index contributed by atoms with van der Waals surface area (Å²) in [5.74, 6) is 0.113. The monoisotopic (exact) mass is 294 g/mol. The summed E-state index contributed by atoms with van der Waals surface area (Å²) in [6.07, 6.45) is -4.85.